The molecule has 0 atom stereocenters. The molecule has 8 nitrogen and oxygen atoms in total. The summed E-state index contributed by atoms with van der Waals surface area (Å²) in [6.07, 6.45) is 4.06. The molecule has 0 aromatic heterocycles. The minimum Gasteiger partial charge on any atom is -0.495 e. The van der Waals surface area contributed by atoms with Gasteiger partial charge in [-0.25, -0.2) is 4.79 Å². The van der Waals surface area contributed by atoms with Crippen LogP contribution in [0.15, 0.2) is 71.6 Å². The van der Waals surface area contributed by atoms with Gasteiger partial charge in [-0.2, -0.15) is 0 Å². The lowest BCUT2D eigenvalue weighted by Crippen LogP contribution is -2.47. The van der Waals surface area contributed by atoms with E-state index in [1.807, 2.05) is 71.8 Å². The number of likely N-dealkylation sites (tertiary alicyclic amines) is 1. The minimum atomic E-state index is -0.343. The zero-order valence-corrected chi connectivity index (χ0v) is 23.3. The number of thioether (sulfide) groups is 1. The first-order valence-corrected chi connectivity index (χ1v) is 14.6. The number of amides is 3. The topological polar surface area (TPSA) is 77.1 Å². The highest BCUT2D eigenvalue weighted by atomic mass is 32.2. The summed E-state index contributed by atoms with van der Waals surface area (Å²) in [7, 11) is 1.70. The van der Waals surface area contributed by atoms with Crippen LogP contribution in [-0.4, -0.2) is 69.5 Å². The van der Waals surface area contributed by atoms with Gasteiger partial charge in [-0.15, -0.1) is 11.8 Å². The van der Waals surface area contributed by atoms with Gasteiger partial charge in [-0.05, 0) is 73.7 Å². The van der Waals surface area contributed by atoms with Crippen LogP contribution in [0.5, 0.6) is 5.75 Å². The van der Waals surface area contributed by atoms with E-state index >= 15 is 0 Å². The number of para-hydroxylation sites is 2. The van der Waals surface area contributed by atoms with E-state index in [1.54, 1.807) is 18.9 Å². The number of rotatable bonds is 7. The Balaban J connectivity index is 1.32. The molecule has 2 saturated heterocycles. The van der Waals surface area contributed by atoms with Gasteiger partial charge in [0.15, 0.2) is 0 Å². The number of hydrogen-bond acceptors (Lipinski definition) is 6. The van der Waals surface area contributed by atoms with Crippen LogP contribution in [0.3, 0.4) is 0 Å². The van der Waals surface area contributed by atoms with Crippen LogP contribution in [0.25, 0.3) is 0 Å². The zero-order chi connectivity index (χ0) is 27.2. The Hall–Kier alpha value is -3.85. The van der Waals surface area contributed by atoms with Crippen molar-refractivity contribution in [2.75, 3.05) is 73.1 Å². The number of anilines is 4. The van der Waals surface area contributed by atoms with E-state index in [2.05, 4.69) is 26.5 Å². The normalized spacial score (nSPS) is 15.3. The maximum atomic E-state index is 13.6. The molecule has 3 aromatic carbocycles. The number of carbonyl (C=O) groups is 2. The summed E-state index contributed by atoms with van der Waals surface area (Å²) in [5.41, 5.74) is 3.92. The fourth-order valence-electron chi connectivity index (χ4n) is 5.20. The number of nitrogens with one attached hydrogen (secondary N) is 2. The predicted octanol–water partition coefficient (Wildman–Crippen LogP) is 5.62. The molecule has 3 aromatic rings. The van der Waals surface area contributed by atoms with E-state index in [4.69, 9.17) is 4.74 Å². The maximum Gasteiger partial charge on any atom is 0.323 e. The molecule has 0 saturated carbocycles. The van der Waals surface area contributed by atoms with Crippen molar-refractivity contribution in [2.45, 2.75) is 17.7 Å². The number of benzene rings is 3. The van der Waals surface area contributed by atoms with Crippen LogP contribution in [0.4, 0.5) is 27.5 Å². The van der Waals surface area contributed by atoms with Crippen molar-refractivity contribution in [1.82, 2.24) is 4.90 Å². The Kier molecular flexibility index (Phi) is 8.46. The van der Waals surface area contributed by atoms with Crippen LogP contribution in [-0.2, 0) is 0 Å². The molecular weight excluding hydrogens is 510 g/mol. The molecule has 0 radical (unpaired) electrons. The molecule has 3 amide bonds. The van der Waals surface area contributed by atoms with Gasteiger partial charge in [0.1, 0.15) is 5.75 Å². The predicted molar refractivity (Wildman–Crippen MR) is 160 cm³/mol. The number of piperazine rings is 1. The van der Waals surface area contributed by atoms with Gasteiger partial charge in [0.25, 0.3) is 5.91 Å². The third kappa shape index (κ3) is 6.25. The Bertz CT molecular complexity index is 1300. The average molecular weight is 546 g/mol. The summed E-state index contributed by atoms with van der Waals surface area (Å²) in [4.78, 5) is 34.0. The van der Waals surface area contributed by atoms with Gasteiger partial charge in [-0.3, -0.25) is 4.79 Å². The number of carbonyl (C=O) groups excluding carboxylic acids is 2. The molecule has 2 N–H and O–H groups in total. The standard InChI is InChI=1S/C30H35N5O3S/c1-38-28-8-4-3-7-27(28)34-19-17-33(18-20-34)26-14-11-23(21-25(26)29(36)35-15-5-6-16-35)32-30(37)31-22-9-12-24(39-2)13-10-22/h3-4,7-14,21H,5-6,15-20H2,1-2H3,(H2,31,32,37). The second-order valence-electron chi connectivity index (χ2n) is 9.68. The van der Waals surface area contributed by atoms with Gasteiger partial charge in [0.2, 0.25) is 0 Å². The highest BCUT2D eigenvalue weighted by molar-refractivity contribution is 7.98. The van der Waals surface area contributed by atoms with Gasteiger partial charge in [0, 0.05) is 61.2 Å². The van der Waals surface area contributed by atoms with Gasteiger partial charge >= 0.3 is 6.03 Å². The lowest BCUT2D eigenvalue weighted by atomic mass is 10.1. The molecule has 0 bridgehead atoms. The second-order valence-corrected chi connectivity index (χ2v) is 10.6. The molecule has 0 aliphatic carbocycles. The SMILES string of the molecule is COc1ccccc1N1CCN(c2ccc(NC(=O)Nc3ccc(SC)cc3)cc2C(=O)N2CCCC2)CC1. The van der Waals surface area contributed by atoms with Crippen LogP contribution >= 0.6 is 11.8 Å². The number of urea groups is 1. The van der Waals surface area contributed by atoms with Crippen molar-refractivity contribution in [1.29, 1.82) is 0 Å². The molecule has 2 aliphatic heterocycles. The van der Waals surface area contributed by atoms with Crippen LogP contribution in [0.2, 0.25) is 0 Å². The Labute approximate surface area is 234 Å². The van der Waals surface area contributed by atoms with Crippen molar-refractivity contribution >= 4 is 46.4 Å². The number of nitrogens with zero attached hydrogens (tertiary/aromatic N) is 3. The molecule has 2 heterocycles. The first-order chi connectivity index (χ1) is 19.1. The molecule has 5 rings (SSSR count). The van der Waals surface area contributed by atoms with E-state index in [0.717, 1.165) is 74.1 Å². The maximum absolute atomic E-state index is 13.6. The van der Waals surface area contributed by atoms with Gasteiger partial charge in [-0.1, -0.05) is 12.1 Å². The average Bonchev–Trinajstić information content (AvgIpc) is 3.52. The third-order valence-electron chi connectivity index (χ3n) is 7.27. The summed E-state index contributed by atoms with van der Waals surface area (Å²) < 4.78 is 5.56. The fourth-order valence-corrected chi connectivity index (χ4v) is 5.61. The summed E-state index contributed by atoms with van der Waals surface area (Å²) >= 11 is 1.65. The Morgan fingerprint density at radius 2 is 1.38 bits per heavy atom. The Morgan fingerprint density at radius 3 is 2.05 bits per heavy atom. The van der Waals surface area contributed by atoms with Crippen molar-refractivity contribution in [3.63, 3.8) is 0 Å². The molecule has 0 unspecified atom stereocenters. The summed E-state index contributed by atoms with van der Waals surface area (Å²) in [6, 6.07) is 21.1. The summed E-state index contributed by atoms with van der Waals surface area (Å²) in [5.74, 6) is 0.885. The number of methoxy groups -OCH3 is 1. The summed E-state index contributed by atoms with van der Waals surface area (Å²) in [6.45, 7) is 4.72. The molecular formula is C30H35N5O3S. The minimum absolute atomic E-state index is 0.0198. The lowest BCUT2D eigenvalue weighted by Gasteiger charge is -2.38. The van der Waals surface area contributed by atoms with E-state index in [-0.39, 0.29) is 11.9 Å². The van der Waals surface area contributed by atoms with E-state index in [0.29, 0.717) is 16.9 Å². The molecule has 2 aliphatic rings. The van der Waals surface area contributed by atoms with Gasteiger partial charge in [0.05, 0.1) is 18.4 Å². The van der Waals surface area contributed by atoms with Crippen molar-refractivity contribution in [3.8, 4) is 5.75 Å². The van der Waals surface area contributed by atoms with Crippen LogP contribution in [0.1, 0.15) is 23.2 Å². The van der Waals surface area contributed by atoms with Gasteiger partial charge < -0.3 is 30.1 Å². The lowest BCUT2D eigenvalue weighted by molar-refractivity contribution is 0.0793. The molecule has 2 fully saturated rings. The van der Waals surface area contributed by atoms with E-state index in [1.165, 1.54) is 0 Å². The quantitative estimate of drug-likeness (QED) is 0.375. The summed E-state index contributed by atoms with van der Waals surface area (Å²) in [5, 5.41) is 5.78. The van der Waals surface area contributed by atoms with Crippen molar-refractivity contribution in [3.05, 3.63) is 72.3 Å². The van der Waals surface area contributed by atoms with Crippen LogP contribution < -0.4 is 25.2 Å². The number of ether oxygens (including phenoxy) is 1. The molecule has 0 spiro atoms. The monoisotopic (exact) mass is 545 g/mol. The van der Waals surface area contributed by atoms with Crippen molar-refractivity contribution in [2.24, 2.45) is 0 Å². The van der Waals surface area contributed by atoms with E-state index < -0.39 is 0 Å². The zero-order valence-electron chi connectivity index (χ0n) is 22.5. The van der Waals surface area contributed by atoms with Crippen LogP contribution in [0, 0.1) is 0 Å². The molecule has 204 valence electrons. The highest BCUT2D eigenvalue weighted by Crippen LogP contribution is 2.32. The molecule has 39 heavy (non-hydrogen) atoms. The largest absolute Gasteiger partial charge is 0.495 e. The first kappa shape index (κ1) is 26.7. The van der Waals surface area contributed by atoms with Crippen molar-refractivity contribution < 1.29 is 14.3 Å². The third-order valence-corrected chi connectivity index (χ3v) is 8.02. The first-order valence-electron chi connectivity index (χ1n) is 13.3. The smallest absolute Gasteiger partial charge is 0.323 e. The second kappa shape index (κ2) is 12.3. The Morgan fingerprint density at radius 1 is 0.769 bits per heavy atom. The molecule has 9 heteroatoms. The number of hydrogen-bond donors (Lipinski definition) is 2. The highest BCUT2D eigenvalue weighted by Gasteiger charge is 2.27. The van der Waals surface area contributed by atoms with E-state index in [9.17, 15) is 9.59 Å². The fraction of sp³-hybridized carbons (Fsp3) is 0.333.